The first kappa shape index (κ1) is 20.4. The van der Waals surface area contributed by atoms with E-state index >= 15 is 0 Å². The largest absolute Gasteiger partial charge is 0.339 e. The van der Waals surface area contributed by atoms with Gasteiger partial charge in [-0.2, -0.15) is 0 Å². The summed E-state index contributed by atoms with van der Waals surface area (Å²) in [6.45, 7) is 6.46. The summed E-state index contributed by atoms with van der Waals surface area (Å²) < 4.78 is 27.9. The Labute approximate surface area is 167 Å². The molecule has 2 aromatic rings. The molecule has 1 amide bonds. The molecule has 0 bridgehead atoms. The third-order valence-electron chi connectivity index (χ3n) is 5.07. The molecular formula is C21H27N3O3S. The second kappa shape index (κ2) is 8.32. The molecule has 1 heterocycles. The minimum absolute atomic E-state index is 0.177. The van der Waals surface area contributed by atoms with E-state index in [1.807, 2.05) is 33.0 Å². The number of carbonyl (C=O) groups excluding carboxylic acids is 1. The molecular weight excluding hydrogens is 374 g/mol. The number of benzene rings is 2. The van der Waals surface area contributed by atoms with E-state index in [9.17, 15) is 13.2 Å². The number of hydrogen-bond donors (Lipinski definition) is 0. The molecule has 2 aromatic carbocycles. The molecule has 0 aliphatic carbocycles. The Morgan fingerprint density at radius 3 is 1.93 bits per heavy atom. The Bertz CT molecular complexity index is 916. The van der Waals surface area contributed by atoms with E-state index in [0.717, 1.165) is 24.2 Å². The van der Waals surface area contributed by atoms with Crippen LogP contribution in [0.2, 0.25) is 0 Å². The van der Waals surface area contributed by atoms with Crippen LogP contribution in [0.15, 0.2) is 53.4 Å². The molecule has 0 N–H and O–H groups in total. The predicted molar refractivity (Wildman–Crippen MR) is 111 cm³/mol. The average Bonchev–Trinajstić information content (AvgIpc) is 2.67. The van der Waals surface area contributed by atoms with Crippen molar-refractivity contribution in [2.45, 2.75) is 18.7 Å². The summed E-state index contributed by atoms with van der Waals surface area (Å²) in [5.74, 6) is -0.177. The van der Waals surface area contributed by atoms with Gasteiger partial charge in [-0.05, 0) is 45.2 Å². The second-order valence-corrected chi connectivity index (χ2v) is 9.21. The van der Waals surface area contributed by atoms with E-state index in [2.05, 4.69) is 4.90 Å². The number of likely N-dealkylation sites (N-methyl/N-ethyl adjacent to an activating group) is 1. The Balaban J connectivity index is 1.92. The highest BCUT2D eigenvalue weighted by Crippen LogP contribution is 2.24. The van der Waals surface area contributed by atoms with Crippen LogP contribution in [0.4, 0.5) is 5.69 Å². The van der Waals surface area contributed by atoms with E-state index in [1.165, 1.54) is 4.31 Å². The molecule has 0 radical (unpaired) electrons. The summed E-state index contributed by atoms with van der Waals surface area (Å²) in [6, 6.07) is 13.9. The van der Waals surface area contributed by atoms with Gasteiger partial charge in [-0.25, -0.2) is 8.42 Å². The van der Waals surface area contributed by atoms with Crippen molar-refractivity contribution < 1.29 is 13.2 Å². The van der Waals surface area contributed by atoms with Crippen molar-refractivity contribution >= 4 is 21.6 Å². The SMILES string of the molecule is Cc1ccc(N(CC(=O)N2CCN(C)CC2)S(=O)(=O)c2ccc(C)cc2)cc1. The maximum atomic E-state index is 13.3. The Kier molecular flexibility index (Phi) is 6.05. The van der Waals surface area contributed by atoms with Crippen molar-refractivity contribution in [3.05, 3.63) is 59.7 Å². The fraction of sp³-hybridized carbons (Fsp3) is 0.381. The van der Waals surface area contributed by atoms with Crippen molar-refractivity contribution in [3.63, 3.8) is 0 Å². The van der Waals surface area contributed by atoms with Crippen molar-refractivity contribution in [2.75, 3.05) is 44.1 Å². The zero-order valence-electron chi connectivity index (χ0n) is 16.6. The molecule has 28 heavy (non-hydrogen) atoms. The van der Waals surface area contributed by atoms with E-state index in [4.69, 9.17) is 0 Å². The Morgan fingerprint density at radius 1 is 0.893 bits per heavy atom. The van der Waals surface area contributed by atoms with Crippen molar-refractivity contribution in [1.29, 1.82) is 0 Å². The zero-order chi connectivity index (χ0) is 20.3. The lowest BCUT2D eigenvalue weighted by Gasteiger charge is -2.34. The van der Waals surface area contributed by atoms with Gasteiger partial charge in [0.15, 0.2) is 0 Å². The molecule has 1 saturated heterocycles. The highest BCUT2D eigenvalue weighted by molar-refractivity contribution is 7.92. The lowest BCUT2D eigenvalue weighted by Crippen LogP contribution is -2.50. The summed E-state index contributed by atoms with van der Waals surface area (Å²) >= 11 is 0. The summed E-state index contributed by atoms with van der Waals surface area (Å²) in [6.07, 6.45) is 0. The smallest absolute Gasteiger partial charge is 0.264 e. The van der Waals surface area contributed by atoms with Gasteiger partial charge in [0.1, 0.15) is 6.54 Å². The first-order valence-corrected chi connectivity index (χ1v) is 10.8. The number of carbonyl (C=O) groups is 1. The maximum Gasteiger partial charge on any atom is 0.264 e. The molecule has 7 heteroatoms. The lowest BCUT2D eigenvalue weighted by molar-refractivity contribution is -0.131. The number of aryl methyl sites for hydroxylation is 2. The van der Waals surface area contributed by atoms with Crippen LogP contribution in [0, 0.1) is 13.8 Å². The van der Waals surface area contributed by atoms with Crippen LogP contribution in [-0.2, 0) is 14.8 Å². The Morgan fingerprint density at radius 2 is 1.39 bits per heavy atom. The number of nitrogens with zero attached hydrogens (tertiary/aromatic N) is 3. The van der Waals surface area contributed by atoms with Crippen molar-refractivity contribution in [3.8, 4) is 0 Å². The maximum absolute atomic E-state index is 13.3. The van der Waals surface area contributed by atoms with Gasteiger partial charge in [-0.1, -0.05) is 35.4 Å². The molecule has 1 aliphatic rings. The zero-order valence-corrected chi connectivity index (χ0v) is 17.4. The first-order valence-electron chi connectivity index (χ1n) is 9.40. The minimum Gasteiger partial charge on any atom is -0.339 e. The molecule has 1 aliphatic heterocycles. The van der Waals surface area contributed by atoms with Crippen molar-refractivity contribution in [1.82, 2.24) is 9.80 Å². The fourth-order valence-electron chi connectivity index (χ4n) is 3.14. The quantitative estimate of drug-likeness (QED) is 0.771. The van der Waals surface area contributed by atoms with E-state index in [1.54, 1.807) is 41.3 Å². The monoisotopic (exact) mass is 401 g/mol. The van der Waals surface area contributed by atoms with Crippen LogP contribution in [-0.4, -0.2) is 63.9 Å². The highest BCUT2D eigenvalue weighted by atomic mass is 32.2. The normalized spacial score (nSPS) is 15.5. The molecule has 0 atom stereocenters. The van der Waals surface area contributed by atoms with E-state index in [0.29, 0.717) is 18.8 Å². The molecule has 6 nitrogen and oxygen atoms in total. The van der Waals surface area contributed by atoms with Crippen LogP contribution >= 0.6 is 0 Å². The lowest BCUT2D eigenvalue weighted by atomic mass is 10.2. The summed E-state index contributed by atoms with van der Waals surface area (Å²) in [5, 5.41) is 0. The number of hydrogen-bond acceptors (Lipinski definition) is 4. The fourth-order valence-corrected chi connectivity index (χ4v) is 4.56. The van der Waals surface area contributed by atoms with Gasteiger partial charge >= 0.3 is 0 Å². The predicted octanol–water partition coefficient (Wildman–Crippen LogP) is 2.27. The number of piperazine rings is 1. The van der Waals surface area contributed by atoms with Gasteiger partial charge in [-0.3, -0.25) is 9.10 Å². The number of amides is 1. The highest BCUT2D eigenvalue weighted by Gasteiger charge is 2.29. The Hall–Kier alpha value is -2.38. The minimum atomic E-state index is -3.85. The van der Waals surface area contributed by atoms with Crippen LogP contribution in [0.5, 0.6) is 0 Å². The third-order valence-corrected chi connectivity index (χ3v) is 6.85. The van der Waals surface area contributed by atoms with E-state index in [-0.39, 0.29) is 17.3 Å². The first-order chi connectivity index (χ1) is 13.3. The molecule has 0 saturated carbocycles. The van der Waals surface area contributed by atoms with Crippen LogP contribution in [0.25, 0.3) is 0 Å². The van der Waals surface area contributed by atoms with Crippen LogP contribution in [0.3, 0.4) is 0 Å². The second-order valence-electron chi connectivity index (χ2n) is 7.34. The van der Waals surface area contributed by atoms with Gasteiger partial charge < -0.3 is 9.80 Å². The molecule has 150 valence electrons. The summed E-state index contributed by atoms with van der Waals surface area (Å²) in [4.78, 5) is 17.0. The van der Waals surface area contributed by atoms with E-state index < -0.39 is 10.0 Å². The van der Waals surface area contributed by atoms with Crippen molar-refractivity contribution in [2.24, 2.45) is 0 Å². The van der Waals surface area contributed by atoms with Crippen LogP contribution < -0.4 is 4.31 Å². The van der Waals surface area contributed by atoms with Gasteiger partial charge in [0, 0.05) is 26.2 Å². The average molecular weight is 402 g/mol. The number of anilines is 1. The third kappa shape index (κ3) is 4.54. The number of sulfonamides is 1. The van der Waals surface area contributed by atoms with Gasteiger partial charge in [-0.15, -0.1) is 0 Å². The van der Waals surface area contributed by atoms with Gasteiger partial charge in [0.2, 0.25) is 5.91 Å². The topological polar surface area (TPSA) is 60.9 Å². The molecule has 0 aromatic heterocycles. The number of rotatable bonds is 5. The summed E-state index contributed by atoms with van der Waals surface area (Å²) in [5.41, 5.74) is 2.50. The standard InChI is InChI=1S/C21H27N3O3S/c1-17-4-8-19(9-5-17)24(16-21(25)23-14-12-22(3)13-15-23)28(26,27)20-10-6-18(2)7-11-20/h4-11H,12-16H2,1-3H3. The van der Waals surface area contributed by atoms with Gasteiger partial charge in [0.05, 0.1) is 10.6 Å². The summed E-state index contributed by atoms with van der Waals surface area (Å²) in [7, 11) is -1.84. The molecule has 0 spiro atoms. The van der Waals surface area contributed by atoms with Gasteiger partial charge in [0.25, 0.3) is 10.0 Å². The molecule has 0 unspecified atom stereocenters. The molecule has 1 fully saturated rings. The van der Waals surface area contributed by atoms with Crippen LogP contribution in [0.1, 0.15) is 11.1 Å². The molecule has 3 rings (SSSR count).